The molecule has 1 fully saturated rings. The van der Waals surface area contributed by atoms with Gasteiger partial charge in [0, 0.05) is 6.54 Å². The van der Waals surface area contributed by atoms with Gasteiger partial charge in [-0.3, -0.25) is 4.79 Å². The number of carbonyl (C=O) groups excluding carboxylic acids is 1. The van der Waals surface area contributed by atoms with Gasteiger partial charge in [0.15, 0.2) is 0 Å². The van der Waals surface area contributed by atoms with Crippen LogP contribution >= 0.6 is 0 Å². The highest BCUT2D eigenvalue weighted by molar-refractivity contribution is 5.77. The van der Waals surface area contributed by atoms with Gasteiger partial charge < -0.3 is 10.4 Å². The number of carbonyl (C=O) groups is 1. The predicted molar refractivity (Wildman–Crippen MR) is 93.5 cm³/mol. The average Bonchev–Trinajstić information content (AvgIpc) is 3.12. The average molecular weight is 321 g/mol. The zero-order chi connectivity index (χ0) is 16.7. The van der Waals surface area contributed by atoms with Crippen molar-refractivity contribution in [3.8, 4) is 0 Å². The summed E-state index contributed by atoms with van der Waals surface area (Å²) >= 11 is 0. The Morgan fingerprint density at radius 1 is 1.17 bits per heavy atom. The molecule has 4 atom stereocenters. The van der Waals surface area contributed by atoms with E-state index >= 15 is 0 Å². The van der Waals surface area contributed by atoms with Crippen LogP contribution in [0.1, 0.15) is 36.0 Å². The lowest BCUT2D eigenvalue weighted by Crippen LogP contribution is -2.34. The van der Waals surface area contributed by atoms with Crippen LogP contribution < -0.4 is 5.32 Å². The Balaban J connectivity index is 1.31. The molecule has 0 aromatic heterocycles. The Morgan fingerprint density at radius 2 is 1.88 bits per heavy atom. The van der Waals surface area contributed by atoms with E-state index in [2.05, 4.69) is 29.6 Å². The van der Waals surface area contributed by atoms with Crippen molar-refractivity contribution in [3.05, 3.63) is 71.3 Å². The van der Waals surface area contributed by atoms with Gasteiger partial charge in [-0.25, -0.2) is 0 Å². The molecule has 3 nitrogen and oxygen atoms in total. The third-order valence-electron chi connectivity index (χ3n) is 5.64. The number of hydrogen-bond donors (Lipinski definition) is 2. The summed E-state index contributed by atoms with van der Waals surface area (Å²) in [6, 6.07) is 18.0. The van der Waals surface area contributed by atoms with E-state index < -0.39 is 5.60 Å². The van der Waals surface area contributed by atoms with Crippen LogP contribution in [-0.2, 0) is 16.8 Å². The molecule has 0 spiro atoms. The first-order valence-electron chi connectivity index (χ1n) is 8.69. The van der Waals surface area contributed by atoms with Gasteiger partial charge in [0.05, 0.1) is 12.0 Å². The van der Waals surface area contributed by atoms with Gasteiger partial charge in [0.25, 0.3) is 0 Å². The minimum Gasteiger partial charge on any atom is -0.385 e. The molecule has 2 aromatic carbocycles. The normalized spacial score (nSPS) is 26.2. The number of nitrogens with one attached hydrogen (secondary N) is 1. The quantitative estimate of drug-likeness (QED) is 0.889. The van der Waals surface area contributed by atoms with Crippen LogP contribution in [0.3, 0.4) is 0 Å². The van der Waals surface area contributed by atoms with Crippen LogP contribution in [0.5, 0.6) is 0 Å². The van der Waals surface area contributed by atoms with Gasteiger partial charge in [-0.05, 0) is 47.8 Å². The Bertz CT molecular complexity index is 753. The van der Waals surface area contributed by atoms with Crippen molar-refractivity contribution < 1.29 is 9.90 Å². The SMILES string of the molecule is CC(O)(CC(=O)NCC1C2Cc3ccccc3C12)c1ccccc1. The molecule has 3 heteroatoms. The van der Waals surface area contributed by atoms with E-state index in [4.69, 9.17) is 0 Å². The number of amides is 1. The zero-order valence-electron chi connectivity index (χ0n) is 13.9. The van der Waals surface area contributed by atoms with Crippen LogP contribution in [0.2, 0.25) is 0 Å². The third kappa shape index (κ3) is 2.73. The van der Waals surface area contributed by atoms with Gasteiger partial charge in [-0.15, -0.1) is 0 Å². The second-order valence-corrected chi connectivity index (χ2v) is 7.38. The molecule has 2 N–H and O–H groups in total. The smallest absolute Gasteiger partial charge is 0.223 e. The summed E-state index contributed by atoms with van der Waals surface area (Å²) in [5, 5.41) is 13.6. The highest BCUT2D eigenvalue weighted by Crippen LogP contribution is 2.60. The van der Waals surface area contributed by atoms with Crippen LogP contribution in [0.25, 0.3) is 0 Å². The third-order valence-corrected chi connectivity index (χ3v) is 5.64. The molecule has 24 heavy (non-hydrogen) atoms. The number of fused-ring (bicyclic) bond motifs is 3. The van der Waals surface area contributed by atoms with E-state index in [0.29, 0.717) is 24.3 Å². The first kappa shape index (κ1) is 15.4. The van der Waals surface area contributed by atoms with Crippen molar-refractivity contribution >= 4 is 5.91 Å². The van der Waals surface area contributed by atoms with E-state index in [0.717, 1.165) is 12.0 Å². The maximum Gasteiger partial charge on any atom is 0.223 e. The first-order chi connectivity index (χ1) is 11.6. The lowest BCUT2D eigenvalue weighted by Gasteiger charge is -2.23. The standard InChI is InChI=1S/C21H23NO2/c1-21(24,15-8-3-2-4-9-15)12-19(23)22-13-18-17-11-14-7-5-6-10-16(14)20(17)18/h2-10,17-18,20,24H,11-13H2,1H3,(H,22,23). The van der Waals surface area contributed by atoms with Gasteiger partial charge >= 0.3 is 0 Å². The molecule has 0 saturated heterocycles. The monoisotopic (exact) mass is 321 g/mol. The molecule has 2 aliphatic rings. The Labute approximate surface area is 142 Å². The minimum atomic E-state index is -1.13. The first-order valence-corrected chi connectivity index (χ1v) is 8.69. The van der Waals surface area contributed by atoms with Gasteiger partial charge in [0.1, 0.15) is 0 Å². The number of hydrogen-bond acceptors (Lipinski definition) is 2. The van der Waals surface area contributed by atoms with Crippen molar-refractivity contribution in [1.29, 1.82) is 0 Å². The van der Waals surface area contributed by atoms with E-state index in [-0.39, 0.29) is 12.3 Å². The molecule has 2 aromatic rings. The molecule has 2 aliphatic carbocycles. The molecule has 0 radical (unpaired) electrons. The molecule has 4 unspecified atom stereocenters. The van der Waals surface area contributed by atoms with E-state index in [1.165, 1.54) is 11.1 Å². The zero-order valence-corrected chi connectivity index (χ0v) is 13.9. The van der Waals surface area contributed by atoms with Crippen LogP contribution in [-0.4, -0.2) is 17.6 Å². The summed E-state index contributed by atoms with van der Waals surface area (Å²) < 4.78 is 0. The summed E-state index contributed by atoms with van der Waals surface area (Å²) in [4.78, 5) is 12.3. The minimum absolute atomic E-state index is 0.0814. The molecule has 0 heterocycles. The Kier molecular flexibility index (Phi) is 3.69. The number of benzene rings is 2. The Morgan fingerprint density at radius 3 is 2.67 bits per heavy atom. The highest BCUT2D eigenvalue weighted by Gasteiger charge is 2.55. The van der Waals surface area contributed by atoms with Crippen molar-refractivity contribution in [1.82, 2.24) is 5.32 Å². The summed E-state index contributed by atoms with van der Waals surface area (Å²) in [7, 11) is 0. The second-order valence-electron chi connectivity index (χ2n) is 7.38. The second kappa shape index (κ2) is 5.75. The largest absolute Gasteiger partial charge is 0.385 e. The highest BCUT2D eigenvalue weighted by atomic mass is 16.3. The molecule has 4 rings (SSSR count). The van der Waals surface area contributed by atoms with Crippen LogP contribution in [0, 0.1) is 11.8 Å². The van der Waals surface area contributed by atoms with Gasteiger partial charge in [0.2, 0.25) is 5.91 Å². The molecule has 0 bridgehead atoms. The number of aliphatic hydroxyl groups is 1. The predicted octanol–water partition coefficient (Wildman–Crippen LogP) is 2.99. The van der Waals surface area contributed by atoms with Crippen molar-refractivity contribution in [2.24, 2.45) is 11.8 Å². The summed E-state index contributed by atoms with van der Waals surface area (Å²) in [6.45, 7) is 2.41. The molecule has 1 amide bonds. The molecule has 0 aliphatic heterocycles. The lowest BCUT2D eigenvalue weighted by atomic mass is 9.92. The fraction of sp³-hybridized carbons (Fsp3) is 0.381. The molecular weight excluding hydrogens is 298 g/mol. The van der Waals surface area contributed by atoms with Crippen LogP contribution in [0.4, 0.5) is 0 Å². The van der Waals surface area contributed by atoms with E-state index in [1.807, 2.05) is 30.3 Å². The summed E-state index contributed by atoms with van der Waals surface area (Å²) in [5.74, 6) is 1.79. The maximum atomic E-state index is 12.3. The Hall–Kier alpha value is -2.13. The van der Waals surface area contributed by atoms with Gasteiger partial charge in [-0.2, -0.15) is 0 Å². The van der Waals surface area contributed by atoms with E-state index in [1.54, 1.807) is 6.92 Å². The molecular formula is C21H23NO2. The molecule has 1 saturated carbocycles. The topological polar surface area (TPSA) is 49.3 Å². The van der Waals surface area contributed by atoms with E-state index in [9.17, 15) is 9.90 Å². The number of rotatable bonds is 5. The molecule has 124 valence electrons. The van der Waals surface area contributed by atoms with Crippen molar-refractivity contribution in [2.45, 2.75) is 31.3 Å². The van der Waals surface area contributed by atoms with Gasteiger partial charge in [-0.1, -0.05) is 54.6 Å². The maximum absolute atomic E-state index is 12.3. The van der Waals surface area contributed by atoms with Crippen molar-refractivity contribution in [3.63, 3.8) is 0 Å². The lowest BCUT2D eigenvalue weighted by molar-refractivity contribution is -0.125. The fourth-order valence-electron chi connectivity index (χ4n) is 4.27. The van der Waals surface area contributed by atoms with Crippen LogP contribution in [0.15, 0.2) is 54.6 Å². The summed E-state index contributed by atoms with van der Waals surface area (Å²) in [6.07, 6.45) is 1.23. The van der Waals surface area contributed by atoms with Crippen molar-refractivity contribution in [2.75, 3.05) is 6.54 Å². The summed E-state index contributed by atoms with van der Waals surface area (Å²) in [5.41, 5.74) is 2.59. The fourth-order valence-corrected chi connectivity index (χ4v) is 4.27.